The van der Waals surface area contributed by atoms with E-state index in [1.807, 2.05) is 0 Å². The molecular weight excluding hydrogens is 463 g/mol. The van der Waals surface area contributed by atoms with E-state index in [2.05, 4.69) is 31.2 Å². The predicted molar refractivity (Wildman–Crippen MR) is 112 cm³/mol. The maximum atomic E-state index is 12.1. The van der Waals surface area contributed by atoms with Gasteiger partial charge in [-0.25, -0.2) is 4.79 Å². The molecule has 0 radical (unpaired) electrons. The van der Waals surface area contributed by atoms with Gasteiger partial charge in [-0.1, -0.05) is 0 Å². The quantitative estimate of drug-likeness (QED) is 0.142. The summed E-state index contributed by atoms with van der Waals surface area (Å²) in [7, 11) is 1.74. The van der Waals surface area contributed by atoms with E-state index in [9.17, 15) is 14.4 Å². The first-order valence-corrected chi connectivity index (χ1v) is 9.31. The Balaban J connectivity index is 0.00000261. The van der Waals surface area contributed by atoms with Crippen LogP contribution in [0, 0.1) is 11.8 Å². The monoisotopic (exact) mass is 492 g/mol. The van der Waals surface area contributed by atoms with Crippen LogP contribution in [-0.4, -0.2) is 67.5 Å². The molecule has 3 fully saturated rings. The lowest BCUT2D eigenvalue weighted by Crippen LogP contribution is -2.55. The van der Waals surface area contributed by atoms with E-state index in [0.717, 1.165) is 44.7 Å². The van der Waals surface area contributed by atoms with Crippen LogP contribution in [0.4, 0.5) is 4.79 Å². The van der Waals surface area contributed by atoms with E-state index in [1.54, 1.807) is 14.0 Å². The minimum atomic E-state index is -0.826. The van der Waals surface area contributed by atoms with Gasteiger partial charge in [-0.3, -0.25) is 19.9 Å². The molecule has 2 saturated heterocycles. The Bertz CT molecular complexity index is 616. The van der Waals surface area contributed by atoms with Crippen LogP contribution in [0.5, 0.6) is 0 Å². The number of nitrogens with one attached hydrogen (secondary N) is 4. The van der Waals surface area contributed by atoms with Crippen LogP contribution < -0.4 is 21.3 Å². The number of amides is 4. The fourth-order valence-electron chi connectivity index (χ4n) is 3.70. The second-order valence-corrected chi connectivity index (χ2v) is 7.41. The van der Waals surface area contributed by atoms with Crippen molar-refractivity contribution in [2.75, 3.05) is 33.2 Å². The van der Waals surface area contributed by atoms with Gasteiger partial charge in [-0.2, -0.15) is 0 Å². The number of aliphatic imine (C=N–C) groups is 1. The number of guanidine groups is 1. The second kappa shape index (κ2) is 9.07. The molecule has 2 heterocycles. The van der Waals surface area contributed by atoms with Gasteiger partial charge in [0.05, 0.1) is 0 Å². The minimum absolute atomic E-state index is 0. The number of imide groups is 1. The smallest absolute Gasteiger partial charge is 0.322 e. The van der Waals surface area contributed by atoms with E-state index >= 15 is 0 Å². The van der Waals surface area contributed by atoms with Gasteiger partial charge in [-0.05, 0) is 38.5 Å². The molecule has 152 valence electrons. The standard InChI is InChI=1S/C17H28N6O3.HI/c1-17(14(25)21-16(26)22-17)12-5-9-23(10-6-12)15(18-2)20-8-7-19-13(24)11-3-4-11;/h11-12H,3-10H2,1-2H3,(H,18,20)(H,19,24)(H2,21,22,25,26);1H. The zero-order valence-electron chi connectivity index (χ0n) is 15.8. The lowest BCUT2D eigenvalue weighted by Gasteiger charge is -2.39. The molecule has 10 heteroatoms. The summed E-state index contributed by atoms with van der Waals surface area (Å²) < 4.78 is 0. The Labute approximate surface area is 176 Å². The Morgan fingerprint density at radius 3 is 2.33 bits per heavy atom. The predicted octanol–water partition coefficient (Wildman–Crippen LogP) is 0.0161. The zero-order valence-corrected chi connectivity index (χ0v) is 18.2. The molecule has 1 aliphatic carbocycles. The van der Waals surface area contributed by atoms with Crippen molar-refractivity contribution in [3.05, 3.63) is 0 Å². The molecule has 1 saturated carbocycles. The maximum absolute atomic E-state index is 12.1. The number of carbonyl (C=O) groups excluding carboxylic acids is 3. The van der Waals surface area contributed by atoms with Crippen molar-refractivity contribution in [2.45, 2.75) is 38.1 Å². The van der Waals surface area contributed by atoms with Crippen molar-refractivity contribution in [3.63, 3.8) is 0 Å². The molecule has 4 amide bonds. The van der Waals surface area contributed by atoms with Crippen LogP contribution in [0.3, 0.4) is 0 Å². The third kappa shape index (κ3) is 5.02. The van der Waals surface area contributed by atoms with Crippen LogP contribution in [0.2, 0.25) is 0 Å². The first kappa shape index (κ1) is 21.7. The highest BCUT2D eigenvalue weighted by atomic mass is 127. The number of halogens is 1. The summed E-state index contributed by atoms with van der Waals surface area (Å²) in [5, 5.41) is 11.3. The molecule has 27 heavy (non-hydrogen) atoms. The molecule has 2 aliphatic heterocycles. The number of hydrogen-bond acceptors (Lipinski definition) is 4. The van der Waals surface area contributed by atoms with E-state index < -0.39 is 11.6 Å². The summed E-state index contributed by atoms with van der Waals surface area (Å²) in [6.07, 6.45) is 3.60. The average Bonchev–Trinajstić information content (AvgIpc) is 3.43. The first-order chi connectivity index (χ1) is 12.4. The summed E-state index contributed by atoms with van der Waals surface area (Å²) in [5.74, 6) is 1.03. The maximum Gasteiger partial charge on any atom is 0.322 e. The van der Waals surface area contributed by atoms with Crippen LogP contribution >= 0.6 is 24.0 Å². The Hall–Kier alpha value is -1.59. The SMILES string of the molecule is CN=C(NCCNC(=O)C1CC1)N1CCC(C2(C)NC(=O)NC2=O)CC1.I. The second-order valence-electron chi connectivity index (χ2n) is 7.41. The van der Waals surface area contributed by atoms with Crippen molar-refractivity contribution < 1.29 is 14.4 Å². The topological polar surface area (TPSA) is 115 Å². The average molecular weight is 492 g/mol. The number of rotatable bonds is 5. The normalized spacial score (nSPS) is 26.1. The summed E-state index contributed by atoms with van der Waals surface area (Å²) in [6, 6.07) is -0.411. The fraction of sp³-hybridized carbons (Fsp3) is 0.765. The highest BCUT2D eigenvalue weighted by Crippen LogP contribution is 2.30. The van der Waals surface area contributed by atoms with Gasteiger partial charge in [0.1, 0.15) is 5.54 Å². The molecule has 1 atom stereocenters. The summed E-state index contributed by atoms with van der Waals surface area (Å²) in [4.78, 5) is 41.6. The fourth-order valence-corrected chi connectivity index (χ4v) is 3.70. The highest BCUT2D eigenvalue weighted by Gasteiger charge is 2.48. The summed E-state index contributed by atoms with van der Waals surface area (Å²) >= 11 is 0. The third-order valence-electron chi connectivity index (χ3n) is 5.55. The Morgan fingerprint density at radius 2 is 1.81 bits per heavy atom. The van der Waals surface area contributed by atoms with Crippen molar-refractivity contribution in [2.24, 2.45) is 16.8 Å². The lowest BCUT2D eigenvalue weighted by molar-refractivity contribution is -0.125. The Kier molecular flexibility index (Phi) is 7.29. The Morgan fingerprint density at radius 1 is 1.19 bits per heavy atom. The van der Waals surface area contributed by atoms with Crippen LogP contribution in [0.1, 0.15) is 32.6 Å². The van der Waals surface area contributed by atoms with Gasteiger partial charge in [0.2, 0.25) is 5.91 Å². The van der Waals surface area contributed by atoms with Gasteiger partial charge in [0.25, 0.3) is 5.91 Å². The third-order valence-corrected chi connectivity index (χ3v) is 5.55. The molecular formula is C17H29IN6O3. The first-order valence-electron chi connectivity index (χ1n) is 9.31. The number of likely N-dealkylation sites (tertiary alicyclic amines) is 1. The number of nitrogens with zero attached hydrogens (tertiary/aromatic N) is 2. The molecule has 0 aromatic carbocycles. The molecule has 0 aromatic rings. The van der Waals surface area contributed by atoms with Crippen molar-refractivity contribution in [1.82, 2.24) is 26.2 Å². The molecule has 4 N–H and O–H groups in total. The van der Waals surface area contributed by atoms with E-state index in [4.69, 9.17) is 0 Å². The summed E-state index contributed by atoms with van der Waals surface area (Å²) in [6.45, 7) is 4.52. The van der Waals surface area contributed by atoms with Crippen molar-refractivity contribution in [3.8, 4) is 0 Å². The highest BCUT2D eigenvalue weighted by molar-refractivity contribution is 14.0. The molecule has 0 aromatic heterocycles. The molecule has 3 rings (SSSR count). The van der Waals surface area contributed by atoms with Gasteiger partial charge >= 0.3 is 6.03 Å². The van der Waals surface area contributed by atoms with Gasteiger partial charge in [-0.15, -0.1) is 24.0 Å². The molecule has 3 aliphatic rings. The number of urea groups is 1. The van der Waals surface area contributed by atoms with Crippen molar-refractivity contribution >= 4 is 47.8 Å². The minimum Gasteiger partial charge on any atom is -0.354 e. The molecule has 0 spiro atoms. The molecule has 0 bridgehead atoms. The summed E-state index contributed by atoms with van der Waals surface area (Å²) in [5.41, 5.74) is -0.826. The number of piperidine rings is 1. The van der Waals surface area contributed by atoms with E-state index in [0.29, 0.717) is 13.1 Å². The zero-order chi connectivity index (χ0) is 18.7. The van der Waals surface area contributed by atoms with Crippen LogP contribution in [0.25, 0.3) is 0 Å². The van der Waals surface area contributed by atoms with Gasteiger partial charge in [0.15, 0.2) is 5.96 Å². The van der Waals surface area contributed by atoms with Crippen LogP contribution in [0.15, 0.2) is 4.99 Å². The largest absolute Gasteiger partial charge is 0.354 e. The van der Waals surface area contributed by atoms with Crippen molar-refractivity contribution in [1.29, 1.82) is 0 Å². The van der Waals surface area contributed by atoms with Gasteiger partial charge in [0, 0.05) is 39.1 Å². The number of carbonyl (C=O) groups is 3. The lowest BCUT2D eigenvalue weighted by atomic mass is 9.79. The molecule has 9 nitrogen and oxygen atoms in total. The number of hydrogen-bond donors (Lipinski definition) is 4. The van der Waals surface area contributed by atoms with Crippen LogP contribution in [-0.2, 0) is 9.59 Å². The molecule has 1 unspecified atom stereocenters. The van der Waals surface area contributed by atoms with E-state index in [-0.39, 0.29) is 47.6 Å². The van der Waals surface area contributed by atoms with E-state index in [1.165, 1.54) is 0 Å². The van der Waals surface area contributed by atoms with Gasteiger partial charge < -0.3 is 20.9 Å².